The number of hydrogen-bond donors (Lipinski definition) is 0. The number of methoxy groups -OCH3 is 1. The highest BCUT2D eigenvalue weighted by molar-refractivity contribution is 6.01. The number of fused-ring (bicyclic) bond motifs is 2. The van der Waals surface area contributed by atoms with Crippen LogP contribution in [-0.2, 0) is 0 Å². The second kappa shape index (κ2) is 5.54. The van der Waals surface area contributed by atoms with Crippen molar-refractivity contribution in [3.63, 3.8) is 0 Å². The van der Waals surface area contributed by atoms with Crippen LogP contribution in [0.5, 0.6) is 5.75 Å². The van der Waals surface area contributed by atoms with E-state index in [9.17, 15) is 0 Å². The fourth-order valence-electron chi connectivity index (χ4n) is 3.40. The minimum Gasteiger partial charge on any atom is -0.497 e. The molecule has 4 rings (SSSR count). The Morgan fingerprint density at radius 1 is 0.957 bits per heavy atom. The van der Waals surface area contributed by atoms with Gasteiger partial charge in [0.15, 0.2) is 0 Å². The highest BCUT2D eigenvalue weighted by Crippen LogP contribution is 2.34. The summed E-state index contributed by atoms with van der Waals surface area (Å²) in [7, 11) is 1.71. The van der Waals surface area contributed by atoms with E-state index < -0.39 is 0 Å². The Morgan fingerprint density at radius 3 is 2.61 bits per heavy atom. The van der Waals surface area contributed by atoms with Crippen molar-refractivity contribution in [3.8, 4) is 5.75 Å². The van der Waals surface area contributed by atoms with Gasteiger partial charge in [-0.15, -0.1) is 0 Å². The fourth-order valence-corrected chi connectivity index (χ4v) is 3.40. The van der Waals surface area contributed by atoms with Gasteiger partial charge >= 0.3 is 0 Å². The first kappa shape index (κ1) is 14.0. The van der Waals surface area contributed by atoms with E-state index in [1.807, 2.05) is 6.07 Å². The molecule has 0 saturated carbocycles. The number of benzene rings is 3. The Hall–Kier alpha value is -2.61. The molecule has 0 fully saturated rings. The zero-order chi connectivity index (χ0) is 15.8. The molecule has 0 N–H and O–H groups in total. The van der Waals surface area contributed by atoms with Gasteiger partial charge in [-0.1, -0.05) is 48.5 Å². The minimum absolute atomic E-state index is 0.309. The molecule has 114 valence electrons. The Labute approximate surface area is 136 Å². The van der Waals surface area contributed by atoms with E-state index in [0.717, 1.165) is 18.0 Å². The molecular weight excluding hydrogens is 282 g/mol. The van der Waals surface area contributed by atoms with Crippen LogP contribution in [0, 0.1) is 0 Å². The van der Waals surface area contributed by atoms with Crippen LogP contribution < -0.4 is 4.74 Å². The largest absolute Gasteiger partial charge is 0.497 e. The summed E-state index contributed by atoms with van der Waals surface area (Å²) in [6.07, 6.45) is 0. The molecule has 1 heterocycles. The summed E-state index contributed by atoms with van der Waals surface area (Å²) in [5.41, 5.74) is 4.96. The molecule has 0 spiro atoms. The first-order valence-corrected chi connectivity index (χ1v) is 7.94. The van der Waals surface area contributed by atoms with Crippen LogP contribution >= 0.6 is 0 Å². The molecule has 0 unspecified atom stereocenters. The SMILES string of the molecule is COc1ccc2c(c1)C(C)=NC[C@H]2c1ccc2ccccc2c1. The van der Waals surface area contributed by atoms with Gasteiger partial charge in [0.2, 0.25) is 0 Å². The van der Waals surface area contributed by atoms with Gasteiger partial charge in [-0.25, -0.2) is 0 Å². The molecule has 1 aliphatic rings. The van der Waals surface area contributed by atoms with Crippen molar-refractivity contribution in [3.05, 3.63) is 77.4 Å². The molecule has 2 nitrogen and oxygen atoms in total. The molecule has 0 aromatic heterocycles. The molecule has 0 bridgehead atoms. The predicted octanol–water partition coefficient (Wildman–Crippen LogP) is 4.80. The Kier molecular flexibility index (Phi) is 3.38. The van der Waals surface area contributed by atoms with Crippen LogP contribution in [0.2, 0.25) is 0 Å². The first-order chi connectivity index (χ1) is 11.3. The van der Waals surface area contributed by atoms with E-state index in [1.165, 1.54) is 27.5 Å². The maximum Gasteiger partial charge on any atom is 0.119 e. The summed E-state index contributed by atoms with van der Waals surface area (Å²) in [6, 6.07) is 21.6. The first-order valence-electron chi connectivity index (χ1n) is 7.94. The average Bonchev–Trinajstić information content (AvgIpc) is 2.61. The monoisotopic (exact) mass is 301 g/mol. The Bertz CT molecular complexity index is 911. The van der Waals surface area contributed by atoms with Gasteiger partial charge in [0.05, 0.1) is 13.7 Å². The summed E-state index contributed by atoms with van der Waals surface area (Å²) in [5.74, 6) is 1.20. The lowest BCUT2D eigenvalue weighted by molar-refractivity contribution is 0.414. The molecule has 0 radical (unpaired) electrons. The second-order valence-electron chi connectivity index (χ2n) is 6.04. The number of hydrogen-bond acceptors (Lipinski definition) is 2. The Balaban J connectivity index is 1.83. The molecule has 23 heavy (non-hydrogen) atoms. The predicted molar refractivity (Wildman–Crippen MR) is 95.9 cm³/mol. The summed E-state index contributed by atoms with van der Waals surface area (Å²) >= 11 is 0. The van der Waals surface area contributed by atoms with Gasteiger partial charge in [-0.3, -0.25) is 4.99 Å². The third-order valence-electron chi connectivity index (χ3n) is 4.71. The summed E-state index contributed by atoms with van der Waals surface area (Å²) in [4.78, 5) is 4.75. The van der Waals surface area contributed by atoms with Crippen molar-refractivity contribution in [1.29, 1.82) is 0 Å². The van der Waals surface area contributed by atoms with E-state index >= 15 is 0 Å². The number of aliphatic imine (C=N–C) groups is 1. The van der Waals surface area contributed by atoms with Gasteiger partial charge < -0.3 is 4.74 Å². The molecule has 3 aromatic carbocycles. The van der Waals surface area contributed by atoms with Crippen LogP contribution in [0.4, 0.5) is 0 Å². The third-order valence-corrected chi connectivity index (χ3v) is 4.71. The van der Waals surface area contributed by atoms with Gasteiger partial charge in [-0.05, 0) is 41.0 Å². The molecule has 3 aromatic rings. The van der Waals surface area contributed by atoms with Gasteiger partial charge in [0, 0.05) is 17.2 Å². The average molecular weight is 301 g/mol. The van der Waals surface area contributed by atoms with Crippen molar-refractivity contribution in [1.82, 2.24) is 0 Å². The van der Waals surface area contributed by atoms with Crippen LogP contribution in [-0.4, -0.2) is 19.4 Å². The molecule has 0 amide bonds. The smallest absolute Gasteiger partial charge is 0.119 e. The lowest BCUT2D eigenvalue weighted by Crippen LogP contribution is -2.17. The van der Waals surface area contributed by atoms with E-state index in [2.05, 4.69) is 61.5 Å². The lowest BCUT2D eigenvalue weighted by atomic mass is 9.84. The quantitative estimate of drug-likeness (QED) is 0.666. The van der Waals surface area contributed by atoms with Crippen molar-refractivity contribution >= 4 is 16.5 Å². The third kappa shape index (κ3) is 2.40. The number of nitrogens with zero attached hydrogens (tertiary/aromatic N) is 1. The summed E-state index contributed by atoms with van der Waals surface area (Å²) in [5, 5.41) is 2.56. The highest BCUT2D eigenvalue weighted by Gasteiger charge is 2.23. The van der Waals surface area contributed by atoms with E-state index in [4.69, 9.17) is 9.73 Å². The molecular formula is C21H19NO. The highest BCUT2D eigenvalue weighted by atomic mass is 16.5. The van der Waals surface area contributed by atoms with Crippen LogP contribution in [0.1, 0.15) is 29.5 Å². The normalized spacial score (nSPS) is 16.8. The van der Waals surface area contributed by atoms with Crippen molar-refractivity contribution < 1.29 is 4.74 Å². The number of rotatable bonds is 2. The lowest BCUT2D eigenvalue weighted by Gasteiger charge is -2.25. The number of ether oxygens (including phenoxy) is 1. The van der Waals surface area contributed by atoms with Crippen LogP contribution in [0.25, 0.3) is 10.8 Å². The molecule has 0 aliphatic carbocycles. The standard InChI is InChI=1S/C21H19NO/c1-14-20-12-18(23-2)9-10-19(20)21(13-22-14)17-8-7-15-5-3-4-6-16(15)11-17/h3-12,21H,13H2,1-2H3/t21-/m0/s1. The van der Waals surface area contributed by atoms with Crippen molar-refractivity contribution in [2.75, 3.05) is 13.7 Å². The van der Waals surface area contributed by atoms with Gasteiger partial charge in [-0.2, -0.15) is 0 Å². The molecule has 1 atom stereocenters. The Morgan fingerprint density at radius 2 is 1.78 bits per heavy atom. The molecule has 2 heteroatoms. The van der Waals surface area contributed by atoms with Gasteiger partial charge in [0.1, 0.15) is 5.75 Å². The topological polar surface area (TPSA) is 21.6 Å². The van der Waals surface area contributed by atoms with Gasteiger partial charge in [0.25, 0.3) is 0 Å². The molecule has 1 aliphatic heterocycles. The fraction of sp³-hybridized carbons (Fsp3) is 0.190. The summed E-state index contributed by atoms with van der Waals surface area (Å²) < 4.78 is 5.37. The zero-order valence-corrected chi connectivity index (χ0v) is 13.4. The molecule has 0 saturated heterocycles. The minimum atomic E-state index is 0.309. The van der Waals surface area contributed by atoms with E-state index in [1.54, 1.807) is 7.11 Å². The van der Waals surface area contributed by atoms with E-state index in [0.29, 0.717) is 5.92 Å². The summed E-state index contributed by atoms with van der Waals surface area (Å²) in [6.45, 7) is 2.89. The van der Waals surface area contributed by atoms with Crippen LogP contribution in [0.15, 0.2) is 65.7 Å². The maximum atomic E-state index is 5.37. The van der Waals surface area contributed by atoms with Crippen LogP contribution in [0.3, 0.4) is 0 Å². The second-order valence-corrected chi connectivity index (χ2v) is 6.04. The maximum absolute atomic E-state index is 5.37. The zero-order valence-electron chi connectivity index (χ0n) is 13.4. The van der Waals surface area contributed by atoms with Crippen molar-refractivity contribution in [2.45, 2.75) is 12.8 Å². The van der Waals surface area contributed by atoms with Crippen molar-refractivity contribution in [2.24, 2.45) is 4.99 Å². The van der Waals surface area contributed by atoms with E-state index in [-0.39, 0.29) is 0 Å².